The summed E-state index contributed by atoms with van der Waals surface area (Å²) in [6, 6.07) is 17.3. The van der Waals surface area contributed by atoms with Gasteiger partial charge in [0.05, 0.1) is 7.11 Å². The van der Waals surface area contributed by atoms with Crippen molar-refractivity contribution in [2.24, 2.45) is 0 Å². The van der Waals surface area contributed by atoms with Gasteiger partial charge in [-0.2, -0.15) is 0 Å². The monoisotopic (exact) mass is 451 g/mol. The number of carbonyl (C=O) groups is 2. The van der Waals surface area contributed by atoms with E-state index in [1.165, 1.54) is 6.07 Å². The maximum absolute atomic E-state index is 13.8. The molecule has 8 heteroatoms. The zero-order chi connectivity index (χ0) is 23.4. The van der Waals surface area contributed by atoms with Crippen molar-refractivity contribution in [2.75, 3.05) is 30.4 Å². The van der Waals surface area contributed by atoms with Gasteiger partial charge < -0.3 is 15.0 Å². The van der Waals surface area contributed by atoms with E-state index in [1.807, 2.05) is 24.3 Å². The molecular formula is C25H23F2N3O3. The molecule has 1 aliphatic rings. The normalized spacial score (nSPS) is 13.7. The number of methoxy groups -OCH3 is 1. The molecule has 170 valence electrons. The number of urea groups is 1. The highest BCUT2D eigenvalue weighted by Crippen LogP contribution is 2.24. The first-order chi connectivity index (χ1) is 16.0. The molecule has 1 fully saturated rings. The van der Waals surface area contributed by atoms with Gasteiger partial charge in [0.15, 0.2) is 0 Å². The second kappa shape index (κ2) is 9.68. The van der Waals surface area contributed by atoms with E-state index >= 15 is 0 Å². The number of nitrogens with zero attached hydrogens (tertiary/aromatic N) is 2. The lowest BCUT2D eigenvalue weighted by molar-refractivity contribution is 0.101. The number of hydrogen-bond acceptors (Lipinski definition) is 3. The number of benzene rings is 3. The molecule has 0 aliphatic carbocycles. The maximum atomic E-state index is 13.8. The highest BCUT2D eigenvalue weighted by Gasteiger charge is 2.27. The van der Waals surface area contributed by atoms with Crippen LogP contribution in [0.3, 0.4) is 0 Å². The first-order valence-electron chi connectivity index (χ1n) is 10.5. The summed E-state index contributed by atoms with van der Waals surface area (Å²) >= 11 is 0. The van der Waals surface area contributed by atoms with Crippen LogP contribution < -0.4 is 15.0 Å². The molecule has 0 aromatic heterocycles. The van der Waals surface area contributed by atoms with Gasteiger partial charge in [-0.3, -0.25) is 9.69 Å². The topological polar surface area (TPSA) is 61.9 Å². The summed E-state index contributed by atoms with van der Waals surface area (Å²) in [6.07, 6.45) is 0.812. The fraction of sp³-hybridized carbons (Fsp3) is 0.200. The van der Waals surface area contributed by atoms with Gasteiger partial charge in [-0.05, 0) is 60.5 Å². The van der Waals surface area contributed by atoms with Gasteiger partial charge in [0.25, 0.3) is 5.91 Å². The van der Waals surface area contributed by atoms with Crippen molar-refractivity contribution < 1.29 is 23.1 Å². The molecule has 0 radical (unpaired) electrons. The summed E-state index contributed by atoms with van der Waals surface area (Å²) < 4.78 is 32.8. The highest BCUT2D eigenvalue weighted by molar-refractivity contribution is 6.04. The standard InChI is InChI=1S/C25H23F2N3O3/c1-33-20-12-6-17(7-13-20)16-29-14-3-15-30(25(29)32)19-10-8-18(9-11-19)28-24(31)23-21(26)4-2-5-22(23)27/h2,4-13H,3,14-16H2,1H3,(H,28,31). The number of rotatable bonds is 6. The maximum Gasteiger partial charge on any atom is 0.324 e. The van der Waals surface area contributed by atoms with Crippen molar-refractivity contribution in [1.82, 2.24) is 4.90 Å². The minimum atomic E-state index is -0.931. The van der Waals surface area contributed by atoms with E-state index in [0.717, 1.165) is 29.9 Å². The number of anilines is 2. The molecule has 0 unspecified atom stereocenters. The van der Waals surface area contributed by atoms with Gasteiger partial charge in [0.2, 0.25) is 0 Å². The molecule has 0 bridgehead atoms. The minimum absolute atomic E-state index is 0.109. The third kappa shape index (κ3) is 4.95. The molecule has 0 saturated carbocycles. The lowest BCUT2D eigenvalue weighted by Crippen LogP contribution is -2.49. The third-order valence-electron chi connectivity index (χ3n) is 5.47. The molecule has 1 saturated heterocycles. The van der Waals surface area contributed by atoms with Crippen LogP contribution >= 0.6 is 0 Å². The fourth-order valence-corrected chi connectivity index (χ4v) is 3.75. The van der Waals surface area contributed by atoms with Crippen LogP contribution in [0.5, 0.6) is 5.75 Å². The molecular weight excluding hydrogens is 428 g/mol. The van der Waals surface area contributed by atoms with E-state index in [-0.39, 0.29) is 6.03 Å². The Labute approximate surface area is 190 Å². The van der Waals surface area contributed by atoms with E-state index in [4.69, 9.17) is 4.74 Å². The van der Waals surface area contributed by atoms with Crippen molar-refractivity contribution in [3.8, 4) is 5.75 Å². The fourth-order valence-electron chi connectivity index (χ4n) is 3.75. The Morgan fingerprint density at radius 1 is 0.970 bits per heavy atom. The van der Waals surface area contributed by atoms with Gasteiger partial charge in [-0.25, -0.2) is 13.6 Å². The molecule has 0 spiro atoms. The predicted molar refractivity (Wildman–Crippen MR) is 122 cm³/mol. The molecule has 3 aromatic carbocycles. The van der Waals surface area contributed by atoms with Crippen molar-refractivity contribution >= 4 is 23.3 Å². The van der Waals surface area contributed by atoms with Crippen LogP contribution in [-0.2, 0) is 6.54 Å². The minimum Gasteiger partial charge on any atom is -0.497 e. The number of ether oxygens (including phenoxy) is 1. The lowest BCUT2D eigenvalue weighted by Gasteiger charge is -2.35. The van der Waals surface area contributed by atoms with Crippen molar-refractivity contribution in [3.05, 3.63) is 89.5 Å². The summed E-state index contributed by atoms with van der Waals surface area (Å²) in [4.78, 5) is 28.8. The second-order valence-electron chi connectivity index (χ2n) is 7.66. The molecule has 3 amide bonds. The van der Waals surface area contributed by atoms with Crippen LogP contribution in [-0.4, -0.2) is 37.0 Å². The van der Waals surface area contributed by atoms with Crippen LogP contribution in [0.25, 0.3) is 0 Å². The van der Waals surface area contributed by atoms with Crippen LogP contribution in [0.2, 0.25) is 0 Å². The molecule has 1 N–H and O–H groups in total. The highest BCUT2D eigenvalue weighted by atomic mass is 19.1. The van der Waals surface area contributed by atoms with Gasteiger partial charge in [-0.1, -0.05) is 18.2 Å². The third-order valence-corrected chi connectivity index (χ3v) is 5.47. The Morgan fingerprint density at radius 2 is 1.64 bits per heavy atom. The molecule has 6 nitrogen and oxygen atoms in total. The average Bonchev–Trinajstić information content (AvgIpc) is 2.81. The van der Waals surface area contributed by atoms with E-state index in [2.05, 4.69) is 5.32 Å². The van der Waals surface area contributed by atoms with Crippen LogP contribution in [0.4, 0.5) is 25.0 Å². The van der Waals surface area contributed by atoms with Gasteiger partial charge in [0, 0.05) is 31.0 Å². The summed E-state index contributed by atoms with van der Waals surface area (Å²) in [5.74, 6) is -1.98. The number of nitrogens with one attached hydrogen (secondary N) is 1. The Morgan fingerprint density at radius 3 is 2.27 bits per heavy atom. The van der Waals surface area contributed by atoms with Crippen LogP contribution in [0.15, 0.2) is 66.7 Å². The first kappa shape index (κ1) is 22.3. The molecule has 1 aliphatic heterocycles. The van der Waals surface area contributed by atoms with Crippen molar-refractivity contribution in [3.63, 3.8) is 0 Å². The van der Waals surface area contributed by atoms with Crippen molar-refractivity contribution in [2.45, 2.75) is 13.0 Å². The summed E-state index contributed by atoms with van der Waals surface area (Å²) in [5.41, 5.74) is 1.41. The van der Waals surface area contributed by atoms with Crippen molar-refractivity contribution in [1.29, 1.82) is 0 Å². The largest absolute Gasteiger partial charge is 0.497 e. The number of amides is 3. The Bertz CT molecular complexity index is 1130. The number of carbonyl (C=O) groups excluding carboxylic acids is 2. The molecule has 0 atom stereocenters. The number of hydrogen-bond donors (Lipinski definition) is 1. The number of halogens is 2. The van der Waals surface area contributed by atoms with Gasteiger partial charge >= 0.3 is 6.03 Å². The zero-order valence-electron chi connectivity index (χ0n) is 18.1. The van der Waals surface area contributed by atoms with Gasteiger partial charge in [-0.15, -0.1) is 0 Å². The summed E-state index contributed by atoms with van der Waals surface area (Å²) in [7, 11) is 1.61. The molecule has 1 heterocycles. The zero-order valence-corrected chi connectivity index (χ0v) is 18.1. The van der Waals surface area contributed by atoms with Crippen LogP contribution in [0.1, 0.15) is 22.3 Å². The molecule has 33 heavy (non-hydrogen) atoms. The smallest absolute Gasteiger partial charge is 0.324 e. The Balaban J connectivity index is 1.43. The average molecular weight is 451 g/mol. The SMILES string of the molecule is COc1ccc(CN2CCCN(c3ccc(NC(=O)c4c(F)cccc4F)cc3)C2=O)cc1. The van der Waals surface area contributed by atoms with E-state index in [9.17, 15) is 18.4 Å². The molecule has 3 aromatic rings. The van der Waals surface area contributed by atoms with Crippen LogP contribution in [0, 0.1) is 11.6 Å². The van der Waals surface area contributed by atoms with E-state index in [1.54, 1.807) is 41.2 Å². The second-order valence-corrected chi connectivity index (χ2v) is 7.66. The Hall–Kier alpha value is -3.94. The summed E-state index contributed by atoms with van der Waals surface area (Å²) in [5, 5.41) is 2.49. The predicted octanol–water partition coefficient (Wildman–Crippen LogP) is 5.06. The quantitative estimate of drug-likeness (QED) is 0.570. The summed E-state index contributed by atoms with van der Waals surface area (Å²) in [6.45, 7) is 1.72. The Kier molecular flexibility index (Phi) is 6.53. The molecule has 4 rings (SSSR count). The first-order valence-corrected chi connectivity index (χ1v) is 10.5. The van der Waals surface area contributed by atoms with E-state index in [0.29, 0.717) is 31.0 Å². The lowest BCUT2D eigenvalue weighted by atomic mass is 10.1. The van der Waals surface area contributed by atoms with Gasteiger partial charge in [0.1, 0.15) is 22.9 Å². The van der Waals surface area contributed by atoms with E-state index < -0.39 is 23.1 Å².